The zero-order valence-electron chi connectivity index (χ0n) is 34.3. The SMILES string of the molecule is C/C=C\c1c(C)n(-c2ccc3c(c2)-c2cc(OC)[nH]c2C3(C)C)c2ccc(-c3ccc4c(c3)c3c(n4-c4ccc5c(c4)C4=C(NCC(O)=C4)C5(C)C)CCC=C3)cc12. The quantitative estimate of drug-likeness (QED) is 0.164. The first kappa shape index (κ1) is 34.8. The number of methoxy groups -OCH3 is 1. The van der Waals surface area contributed by atoms with E-state index in [1.807, 2.05) is 6.08 Å². The summed E-state index contributed by atoms with van der Waals surface area (Å²) in [6.07, 6.45) is 13.0. The van der Waals surface area contributed by atoms with E-state index >= 15 is 0 Å². The molecule has 0 amide bonds. The zero-order valence-corrected chi connectivity index (χ0v) is 34.3. The molecule has 0 radical (unpaired) electrons. The summed E-state index contributed by atoms with van der Waals surface area (Å²) in [7, 11) is 1.72. The number of nitrogens with zero attached hydrogens (tertiary/aromatic N) is 2. The molecule has 0 bridgehead atoms. The second-order valence-corrected chi connectivity index (χ2v) is 17.5. The van der Waals surface area contributed by atoms with E-state index < -0.39 is 0 Å². The van der Waals surface area contributed by atoms with Gasteiger partial charge in [0.05, 0.1) is 24.7 Å². The van der Waals surface area contributed by atoms with Gasteiger partial charge >= 0.3 is 0 Å². The van der Waals surface area contributed by atoms with E-state index in [0.29, 0.717) is 12.3 Å². The van der Waals surface area contributed by atoms with E-state index in [1.165, 1.54) is 94.7 Å². The third-order valence-electron chi connectivity index (χ3n) is 13.6. The molecule has 6 heteroatoms. The molecule has 0 atom stereocenters. The van der Waals surface area contributed by atoms with Gasteiger partial charge in [0.1, 0.15) is 5.76 Å². The van der Waals surface area contributed by atoms with Crippen molar-refractivity contribution in [3.05, 3.63) is 153 Å². The summed E-state index contributed by atoms with van der Waals surface area (Å²) in [5.41, 5.74) is 21.8. The second-order valence-electron chi connectivity index (χ2n) is 17.5. The summed E-state index contributed by atoms with van der Waals surface area (Å²) in [6.45, 7) is 13.9. The highest BCUT2D eigenvalue weighted by Gasteiger charge is 2.40. The van der Waals surface area contributed by atoms with Crippen LogP contribution in [0.3, 0.4) is 0 Å². The minimum absolute atomic E-state index is 0.134. The monoisotopic (exact) mass is 760 g/mol. The van der Waals surface area contributed by atoms with Crippen LogP contribution in [0, 0.1) is 6.92 Å². The normalized spacial score (nSPS) is 17.1. The fourth-order valence-electron chi connectivity index (χ4n) is 10.8. The average Bonchev–Trinajstić information content (AvgIpc) is 3.98. The molecule has 4 heterocycles. The Kier molecular flexibility index (Phi) is 7.24. The Morgan fingerprint density at radius 3 is 2.21 bits per heavy atom. The Morgan fingerprint density at radius 2 is 1.47 bits per heavy atom. The van der Waals surface area contributed by atoms with Crippen molar-refractivity contribution < 1.29 is 9.84 Å². The first-order valence-electron chi connectivity index (χ1n) is 20.6. The van der Waals surface area contributed by atoms with Gasteiger partial charge in [-0.25, -0.2) is 0 Å². The molecular weight excluding hydrogens is 713 g/mol. The number of allylic oxidation sites excluding steroid dienone is 5. The van der Waals surface area contributed by atoms with Crippen LogP contribution in [0.1, 0.15) is 85.9 Å². The van der Waals surface area contributed by atoms with Crippen LogP contribution in [0.2, 0.25) is 0 Å². The molecule has 11 rings (SSSR count). The Balaban J connectivity index is 1.03. The number of dihydropyridines is 1. The van der Waals surface area contributed by atoms with Crippen molar-refractivity contribution in [1.82, 2.24) is 19.4 Å². The van der Waals surface area contributed by atoms with E-state index in [9.17, 15) is 5.11 Å². The van der Waals surface area contributed by atoms with Gasteiger partial charge in [-0.1, -0.05) is 76.3 Å². The number of fused-ring (bicyclic) bond motifs is 9. The van der Waals surface area contributed by atoms with E-state index in [-0.39, 0.29) is 10.8 Å². The lowest BCUT2D eigenvalue weighted by molar-refractivity contribution is 0.387. The van der Waals surface area contributed by atoms with Crippen LogP contribution in [0.5, 0.6) is 5.88 Å². The number of ether oxygens (including phenoxy) is 1. The largest absolute Gasteiger partial charge is 0.510 e. The summed E-state index contributed by atoms with van der Waals surface area (Å²) < 4.78 is 10.5. The zero-order chi connectivity index (χ0) is 39.8. The molecule has 3 aliphatic carbocycles. The topological polar surface area (TPSA) is 67.1 Å². The van der Waals surface area contributed by atoms with Crippen molar-refractivity contribution in [3.8, 4) is 39.5 Å². The lowest BCUT2D eigenvalue weighted by atomic mass is 9.84. The van der Waals surface area contributed by atoms with E-state index in [4.69, 9.17) is 4.74 Å². The van der Waals surface area contributed by atoms with Crippen molar-refractivity contribution >= 4 is 39.5 Å². The lowest BCUT2D eigenvalue weighted by Crippen LogP contribution is -2.31. The summed E-state index contributed by atoms with van der Waals surface area (Å²) in [6, 6.07) is 30.0. The van der Waals surface area contributed by atoms with Crippen molar-refractivity contribution in [2.24, 2.45) is 0 Å². The molecule has 0 saturated carbocycles. The maximum absolute atomic E-state index is 10.5. The summed E-state index contributed by atoms with van der Waals surface area (Å²) in [5.74, 6) is 1.17. The van der Waals surface area contributed by atoms with Crippen molar-refractivity contribution in [2.75, 3.05) is 13.7 Å². The Labute approximate surface area is 339 Å². The number of rotatable bonds is 5. The van der Waals surface area contributed by atoms with Crippen LogP contribution >= 0.6 is 0 Å². The summed E-state index contributed by atoms with van der Waals surface area (Å²) in [5, 5.41) is 16.5. The number of hydrogen-bond acceptors (Lipinski definition) is 3. The number of H-pyrrole nitrogens is 1. The molecule has 0 spiro atoms. The number of nitrogens with one attached hydrogen (secondary N) is 2. The number of benzene rings is 4. The van der Waals surface area contributed by atoms with Crippen LogP contribution in [-0.2, 0) is 17.3 Å². The number of hydrogen-bond donors (Lipinski definition) is 3. The molecule has 288 valence electrons. The predicted molar refractivity (Wildman–Crippen MR) is 239 cm³/mol. The third-order valence-corrected chi connectivity index (χ3v) is 13.6. The number of aromatic amines is 1. The average molecular weight is 761 g/mol. The van der Waals surface area contributed by atoms with Crippen molar-refractivity contribution in [2.45, 2.75) is 65.2 Å². The van der Waals surface area contributed by atoms with Gasteiger partial charge in [0.2, 0.25) is 0 Å². The first-order valence-corrected chi connectivity index (χ1v) is 20.6. The second kappa shape index (κ2) is 12.1. The van der Waals surface area contributed by atoms with Crippen LogP contribution in [0.25, 0.3) is 73.2 Å². The number of aliphatic hydroxyl groups is 1. The predicted octanol–water partition coefficient (Wildman–Crippen LogP) is 12.2. The standard InChI is InChI=1S/C52H48N4O2/c1-8-11-35-29(2)55(32-16-18-44-38(24-32)42-27-48(58-7)54-50(42)52(44,5)6)46-20-14-30(22-39(35)46)31-15-21-47-40(23-31)36-12-9-10-13-45(36)56(47)33-17-19-43-37(25-33)41-26-34(57)28-53-49(41)51(43,3)4/h8-9,11-12,14-27,53-54,57H,10,13,28H2,1-7H3/b11-8-. The lowest BCUT2D eigenvalue weighted by Gasteiger charge is -2.27. The molecule has 1 aliphatic heterocycles. The fourth-order valence-corrected chi connectivity index (χ4v) is 10.8. The maximum atomic E-state index is 10.5. The summed E-state index contributed by atoms with van der Waals surface area (Å²) in [4.78, 5) is 3.53. The molecule has 3 N–H and O–H groups in total. The molecular formula is C52H48N4O2. The van der Waals surface area contributed by atoms with Gasteiger partial charge in [-0.15, -0.1) is 0 Å². The molecule has 4 aromatic carbocycles. The molecule has 0 saturated heterocycles. The molecule has 0 fully saturated rings. The van der Waals surface area contributed by atoms with Crippen LogP contribution in [0.4, 0.5) is 0 Å². The Morgan fingerprint density at radius 1 is 0.776 bits per heavy atom. The maximum Gasteiger partial charge on any atom is 0.191 e. The molecule has 0 unspecified atom stereocenters. The van der Waals surface area contributed by atoms with Gasteiger partial charge in [0, 0.05) is 84.1 Å². The van der Waals surface area contributed by atoms with Gasteiger partial charge in [-0.2, -0.15) is 0 Å². The Bertz CT molecular complexity index is 3080. The third kappa shape index (κ3) is 4.66. The number of aromatic nitrogens is 3. The highest BCUT2D eigenvalue weighted by molar-refractivity contribution is 6.00. The van der Waals surface area contributed by atoms with Crippen molar-refractivity contribution in [3.63, 3.8) is 0 Å². The van der Waals surface area contributed by atoms with Crippen LogP contribution < -0.4 is 10.1 Å². The van der Waals surface area contributed by atoms with Crippen molar-refractivity contribution in [1.29, 1.82) is 0 Å². The fraction of sp³-hybridized carbons (Fsp3) is 0.231. The van der Waals surface area contributed by atoms with E-state index in [1.54, 1.807) is 7.11 Å². The van der Waals surface area contributed by atoms with Crippen LogP contribution in [-0.4, -0.2) is 32.9 Å². The van der Waals surface area contributed by atoms with E-state index in [0.717, 1.165) is 35.7 Å². The molecule has 6 nitrogen and oxygen atoms in total. The molecule has 4 aliphatic rings. The van der Waals surface area contributed by atoms with Gasteiger partial charge in [-0.3, -0.25) is 0 Å². The highest BCUT2D eigenvalue weighted by Crippen LogP contribution is 2.51. The Hall–Kier alpha value is -6.40. The molecule has 3 aromatic heterocycles. The molecule has 7 aromatic rings. The summed E-state index contributed by atoms with van der Waals surface area (Å²) >= 11 is 0. The smallest absolute Gasteiger partial charge is 0.191 e. The van der Waals surface area contributed by atoms with E-state index in [2.05, 4.69) is 164 Å². The van der Waals surface area contributed by atoms with Gasteiger partial charge in [0.15, 0.2) is 5.88 Å². The minimum atomic E-state index is -0.150. The molecule has 58 heavy (non-hydrogen) atoms. The van der Waals surface area contributed by atoms with Gasteiger partial charge in [-0.05, 0) is 115 Å². The van der Waals surface area contributed by atoms with Gasteiger partial charge in [0.25, 0.3) is 0 Å². The van der Waals surface area contributed by atoms with Crippen LogP contribution in [0.15, 0.2) is 109 Å². The first-order chi connectivity index (χ1) is 28.0. The minimum Gasteiger partial charge on any atom is -0.510 e. The highest BCUT2D eigenvalue weighted by atomic mass is 16.5. The number of aliphatic hydroxyl groups excluding tert-OH is 1. The van der Waals surface area contributed by atoms with Gasteiger partial charge < -0.3 is 29.3 Å².